The lowest BCUT2D eigenvalue weighted by molar-refractivity contribution is -0.141. The number of nitrogens with two attached hydrogens (primary N) is 1. The Labute approximate surface area is 155 Å². The van der Waals surface area contributed by atoms with Crippen LogP contribution in [0.4, 0.5) is 18.9 Å². The van der Waals surface area contributed by atoms with Gasteiger partial charge in [-0.25, -0.2) is 4.98 Å². The molecule has 2 aromatic heterocycles. The monoisotopic (exact) mass is 399 g/mol. The Morgan fingerprint density at radius 2 is 2.04 bits per heavy atom. The van der Waals surface area contributed by atoms with Crippen LogP contribution in [-0.2, 0) is 12.7 Å². The van der Waals surface area contributed by atoms with Crippen LogP contribution in [0.15, 0.2) is 30.3 Å². The minimum Gasteiger partial charge on any atom is -0.397 e. The van der Waals surface area contributed by atoms with Crippen LogP contribution in [0.1, 0.15) is 26.5 Å². The number of aryl methyl sites for hydroxylation is 1. The summed E-state index contributed by atoms with van der Waals surface area (Å²) in [5.74, 6) is -0.488. The van der Waals surface area contributed by atoms with E-state index >= 15 is 0 Å². The number of amides is 1. The highest BCUT2D eigenvalue weighted by Gasteiger charge is 2.34. The fraction of sp³-hybridized carbons (Fsp3) is 0.176. The van der Waals surface area contributed by atoms with Crippen LogP contribution in [0.25, 0.3) is 10.2 Å². The summed E-state index contributed by atoms with van der Waals surface area (Å²) in [6, 6.07) is 7.94. The number of nitrogens with one attached hydrogen (secondary N) is 1. The molecule has 0 saturated carbocycles. The summed E-state index contributed by atoms with van der Waals surface area (Å²) >= 11 is 6.87. The molecule has 2 heterocycles. The molecule has 1 amide bonds. The molecule has 136 valence electrons. The number of benzene rings is 1. The first kappa shape index (κ1) is 18.5. The topological polar surface area (TPSA) is 68.0 Å². The van der Waals surface area contributed by atoms with E-state index in [0.29, 0.717) is 16.0 Å². The number of aromatic nitrogens is 1. The van der Waals surface area contributed by atoms with Gasteiger partial charge in [-0.15, -0.1) is 11.3 Å². The molecule has 0 unspecified atom stereocenters. The minimum absolute atomic E-state index is 0.0812. The quantitative estimate of drug-likeness (QED) is 0.665. The van der Waals surface area contributed by atoms with Crippen LogP contribution in [0, 0.1) is 6.92 Å². The third-order valence-electron chi connectivity index (χ3n) is 3.79. The number of hydrogen-bond donors (Lipinski definition) is 2. The maximum Gasteiger partial charge on any atom is 0.433 e. The van der Waals surface area contributed by atoms with Gasteiger partial charge in [-0.05, 0) is 30.2 Å². The summed E-state index contributed by atoms with van der Waals surface area (Å²) < 4.78 is 38.8. The fourth-order valence-corrected chi connectivity index (χ4v) is 3.81. The first-order valence-corrected chi connectivity index (χ1v) is 8.66. The molecule has 0 spiro atoms. The zero-order valence-electron chi connectivity index (χ0n) is 13.4. The Morgan fingerprint density at radius 3 is 2.69 bits per heavy atom. The Morgan fingerprint density at radius 1 is 1.35 bits per heavy atom. The number of carbonyl (C=O) groups excluding carboxylic acids is 1. The van der Waals surface area contributed by atoms with Crippen molar-refractivity contribution in [3.63, 3.8) is 0 Å². The van der Waals surface area contributed by atoms with E-state index in [1.165, 1.54) is 6.92 Å². The van der Waals surface area contributed by atoms with E-state index in [0.717, 1.165) is 23.0 Å². The molecule has 3 rings (SSSR count). The highest BCUT2D eigenvalue weighted by Crippen LogP contribution is 2.38. The van der Waals surface area contributed by atoms with Gasteiger partial charge >= 0.3 is 6.18 Å². The van der Waals surface area contributed by atoms with Gasteiger partial charge in [-0.3, -0.25) is 4.79 Å². The largest absolute Gasteiger partial charge is 0.433 e. The smallest absolute Gasteiger partial charge is 0.397 e. The average Bonchev–Trinajstić information content (AvgIpc) is 2.90. The van der Waals surface area contributed by atoms with Gasteiger partial charge in [0.25, 0.3) is 5.91 Å². The number of carbonyl (C=O) groups is 1. The molecule has 0 bridgehead atoms. The summed E-state index contributed by atoms with van der Waals surface area (Å²) in [7, 11) is 0. The molecule has 1 aromatic carbocycles. The maximum atomic E-state index is 12.9. The van der Waals surface area contributed by atoms with Crippen molar-refractivity contribution in [3.8, 4) is 0 Å². The molecular weight excluding hydrogens is 387 g/mol. The number of hydrogen-bond acceptors (Lipinski definition) is 4. The molecule has 3 N–H and O–H groups in total. The Kier molecular flexibility index (Phi) is 4.81. The number of rotatable bonds is 3. The van der Waals surface area contributed by atoms with Crippen LogP contribution in [0.5, 0.6) is 0 Å². The zero-order valence-corrected chi connectivity index (χ0v) is 15.0. The van der Waals surface area contributed by atoms with Gasteiger partial charge < -0.3 is 11.1 Å². The zero-order chi connectivity index (χ0) is 19.1. The van der Waals surface area contributed by atoms with Crippen LogP contribution >= 0.6 is 22.9 Å². The second-order valence-corrected chi connectivity index (χ2v) is 7.03. The standard InChI is InChI=1S/C17H13ClF3N3OS/c1-8-6-11(17(19,20)21)24-16-12(8)13(22)14(26-16)15(25)23-7-9-4-2-3-5-10(9)18/h2-6H,7,22H2,1H3,(H,23,25). The summed E-state index contributed by atoms with van der Waals surface area (Å²) in [5.41, 5.74) is 6.16. The Hall–Kier alpha value is -2.32. The molecule has 0 aliphatic rings. The summed E-state index contributed by atoms with van der Waals surface area (Å²) in [6.07, 6.45) is -4.57. The molecule has 4 nitrogen and oxygen atoms in total. The number of nitrogen functional groups attached to an aromatic ring is 1. The summed E-state index contributed by atoms with van der Waals surface area (Å²) in [5, 5.41) is 3.55. The van der Waals surface area contributed by atoms with Crippen LogP contribution in [-0.4, -0.2) is 10.9 Å². The number of pyridine rings is 1. The van der Waals surface area contributed by atoms with Gasteiger partial charge in [0.2, 0.25) is 0 Å². The van der Waals surface area contributed by atoms with Crippen molar-refractivity contribution in [2.75, 3.05) is 5.73 Å². The molecule has 26 heavy (non-hydrogen) atoms. The molecular formula is C17H13ClF3N3OS. The predicted octanol–water partition coefficient (Wildman–Crippen LogP) is 4.79. The van der Waals surface area contributed by atoms with Gasteiger partial charge in [0.05, 0.1) is 5.69 Å². The van der Waals surface area contributed by atoms with E-state index in [9.17, 15) is 18.0 Å². The van der Waals surface area contributed by atoms with Gasteiger partial charge in [0.1, 0.15) is 15.4 Å². The van der Waals surface area contributed by atoms with E-state index in [-0.39, 0.29) is 21.9 Å². The Balaban J connectivity index is 1.92. The third kappa shape index (κ3) is 3.47. The highest BCUT2D eigenvalue weighted by atomic mass is 35.5. The van der Waals surface area contributed by atoms with Crippen molar-refractivity contribution in [2.24, 2.45) is 0 Å². The van der Waals surface area contributed by atoms with Crippen molar-refractivity contribution in [1.29, 1.82) is 0 Å². The number of anilines is 1. The van der Waals surface area contributed by atoms with Gasteiger partial charge in [-0.1, -0.05) is 29.8 Å². The lowest BCUT2D eigenvalue weighted by Crippen LogP contribution is -2.22. The van der Waals surface area contributed by atoms with E-state index in [1.54, 1.807) is 24.3 Å². The number of nitrogens with zero attached hydrogens (tertiary/aromatic N) is 1. The highest BCUT2D eigenvalue weighted by molar-refractivity contribution is 7.21. The van der Waals surface area contributed by atoms with Crippen molar-refractivity contribution in [3.05, 3.63) is 57.1 Å². The van der Waals surface area contributed by atoms with Gasteiger partial charge in [-0.2, -0.15) is 13.2 Å². The summed E-state index contributed by atoms with van der Waals surface area (Å²) in [4.78, 5) is 16.3. The van der Waals surface area contributed by atoms with Crippen molar-refractivity contribution < 1.29 is 18.0 Å². The number of fused-ring (bicyclic) bond motifs is 1. The molecule has 0 saturated heterocycles. The summed E-state index contributed by atoms with van der Waals surface area (Å²) in [6.45, 7) is 1.68. The maximum absolute atomic E-state index is 12.9. The predicted molar refractivity (Wildman–Crippen MR) is 96.4 cm³/mol. The van der Waals surface area contributed by atoms with Crippen molar-refractivity contribution in [2.45, 2.75) is 19.6 Å². The van der Waals surface area contributed by atoms with E-state index in [4.69, 9.17) is 17.3 Å². The lowest BCUT2D eigenvalue weighted by atomic mass is 10.1. The SMILES string of the molecule is Cc1cc(C(F)(F)F)nc2sc(C(=O)NCc3ccccc3Cl)c(N)c12. The number of halogens is 4. The molecule has 0 aliphatic heterocycles. The molecule has 0 radical (unpaired) electrons. The number of thiophene rings is 1. The molecule has 0 fully saturated rings. The van der Waals surface area contributed by atoms with Crippen molar-refractivity contribution >= 4 is 44.7 Å². The molecule has 3 aromatic rings. The Bertz CT molecular complexity index is 1000. The molecule has 0 aliphatic carbocycles. The third-order valence-corrected chi connectivity index (χ3v) is 5.26. The van der Waals surface area contributed by atoms with Crippen molar-refractivity contribution in [1.82, 2.24) is 10.3 Å². The second-order valence-electron chi connectivity index (χ2n) is 5.62. The first-order chi connectivity index (χ1) is 12.2. The van der Waals surface area contributed by atoms with Crippen LogP contribution in [0.2, 0.25) is 5.02 Å². The van der Waals surface area contributed by atoms with E-state index < -0.39 is 17.8 Å². The lowest BCUT2D eigenvalue weighted by Gasteiger charge is -2.07. The van der Waals surface area contributed by atoms with Gasteiger partial charge in [0, 0.05) is 17.0 Å². The van der Waals surface area contributed by atoms with Crippen LogP contribution in [0.3, 0.4) is 0 Å². The first-order valence-electron chi connectivity index (χ1n) is 7.47. The van der Waals surface area contributed by atoms with E-state index in [1.807, 2.05) is 0 Å². The fourth-order valence-electron chi connectivity index (χ4n) is 2.52. The van der Waals surface area contributed by atoms with Gasteiger partial charge in [0.15, 0.2) is 0 Å². The minimum atomic E-state index is -4.57. The average molecular weight is 400 g/mol. The molecule has 0 atom stereocenters. The number of alkyl halides is 3. The van der Waals surface area contributed by atoms with E-state index in [2.05, 4.69) is 10.3 Å². The normalized spacial score (nSPS) is 11.7. The van der Waals surface area contributed by atoms with Crippen LogP contribution < -0.4 is 11.1 Å². The second kappa shape index (κ2) is 6.77. The molecule has 9 heteroatoms.